The first kappa shape index (κ1) is 15.0. The molecule has 2 rings (SSSR count). The molecule has 0 spiro atoms. The minimum atomic E-state index is -0.348. The Labute approximate surface area is 122 Å². The number of aromatic nitrogens is 2. The van der Waals surface area contributed by atoms with Gasteiger partial charge in [0.1, 0.15) is 17.7 Å². The lowest BCUT2D eigenvalue weighted by Gasteiger charge is -2.18. The van der Waals surface area contributed by atoms with Crippen molar-refractivity contribution in [3.63, 3.8) is 0 Å². The van der Waals surface area contributed by atoms with Crippen molar-refractivity contribution in [3.05, 3.63) is 48.3 Å². The maximum atomic E-state index is 13.1. The van der Waals surface area contributed by atoms with Gasteiger partial charge in [0.25, 0.3) is 5.91 Å². The highest BCUT2D eigenvalue weighted by atomic mass is 19.1. The van der Waals surface area contributed by atoms with Crippen LogP contribution in [-0.4, -0.2) is 28.1 Å². The Morgan fingerprint density at radius 3 is 2.95 bits per heavy atom. The number of imidazole rings is 1. The van der Waals surface area contributed by atoms with E-state index in [9.17, 15) is 9.18 Å². The van der Waals surface area contributed by atoms with Crippen molar-refractivity contribution in [1.29, 1.82) is 0 Å². The number of amides is 1. The van der Waals surface area contributed by atoms with Crippen molar-refractivity contribution in [1.82, 2.24) is 14.9 Å². The fourth-order valence-corrected chi connectivity index (χ4v) is 1.87. The van der Waals surface area contributed by atoms with E-state index >= 15 is 0 Å². The quantitative estimate of drug-likeness (QED) is 0.887. The molecule has 1 aromatic heterocycles. The highest BCUT2D eigenvalue weighted by Crippen LogP contribution is 2.14. The zero-order valence-corrected chi connectivity index (χ0v) is 12.0. The van der Waals surface area contributed by atoms with Crippen LogP contribution in [0, 0.1) is 5.82 Å². The molecule has 0 saturated carbocycles. The third-order valence-corrected chi connectivity index (χ3v) is 3.07. The summed E-state index contributed by atoms with van der Waals surface area (Å²) < 4.78 is 20.4. The van der Waals surface area contributed by atoms with Gasteiger partial charge in [-0.25, -0.2) is 9.37 Å². The SMILES string of the molecule is CC[C@H](CNC(=O)c1nccn1C)Oc1cccc(F)c1. The van der Waals surface area contributed by atoms with Crippen LogP contribution in [0.2, 0.25) is 0 Å². The van der Waals surface area contributed by atoms with Gasteiger partial charge in [-0.15, -0.1) is 0 Å². The number of carbonyl (C=O) groups excluding carboxylic acids is 1. The van der Waals surface area contributed by atoms with Crippen LogP contribution >= 0.6 is 0 Å². The summed E-state index contributed by atoms with van der Waals surface area (Å²) in [6.07, 6.45) is 3.73. The van der Waals surface area contributed by atoms with Crippen molar-refractivity contribution in [3.8, 4) is 5.75 Å². The van der Waals surface area contributed by atoms with Gasteiger partial charge >= 0.3 is 0 Å². The molecule has 0 aliphatic heterocycles. The molecule has 0 bridgehead atoms. The molecule has 1 heterocycles. The lowest BCUT2D eigenvalue weighted by atomic mass is 10.2. The minimum Gasteiger partial charge on any atom is -0.489 e. The Morgan fingerprint density at radius 2 is 2.33 bits per heavy atom. The average molecular weight is 291 g/mol. The smallest absolute Gasteiger partial charge is 0.287 e. The van der Waals surface area contributed by atoms with Crippen LogP contribution in [0.4, 0.5) is 4.39 Å². The molecule has 1 atom stereocenters. The van der Waals surface area contributed by atoms with Gasteiger partial charge in [-0.3, -0.25) is 4.79 Å². The van der Waals surface area contributed by atoms with Gasteiger partial charge in [-0.1, -0.05) is 13.0 Å². The molecule has 5 nitrogen and oxygen atoms in total. The summed E-state index contributed by atoms with van der Waals surface area (Å²) in [5.41, 5.74) is 0. The van der Waals surface area contributed by atoms with Crippen LogP contribution in [0.1, 0.15) is 24.0 Å². The first-order chi connectivity index (χ1) is 10.1. The molecular formula is C15H18FN3O2. The largest absolute Gasteiger partial charge is 0.489 e. The van der Waals surface area contributed by atoms with E-state index in [0.29, 0.717) is 24.5 Å². The second-order valence-corrected chi connectivity index (χ2v) is 4.68. The van der Waals surface area contributed by atoms with Crippen LogP contribution in [0.3, 0.4) is 0 Å². The summed E-state index contributed by atoms with van der Waals surface area (Å²) in [5.74, 6) is 0.187. The van der Waals surface area contributed by atoms with Crippen molar-refractivity contribution < 1.29 is 13.9 Å². The second kappa shape index (κ2) is 6.88. The van der Waals surface area contributed by atoms with Crippen molar-refractivity contribution in [2.75, 3.05) is 6.54 Å². The molecular weight excluding hydrogens is 273 g/mol. The fourth-order valence-electron chi connectivity index (χ4n) is 1.87. The number of aryl methyl sites for hydroxylation is 1. The standard InChI is InChI=1S/C15H18FN3O2/c1-3-12(21-13-6-4-5-11(16)9-13)10-18-15(20)14-17-7-8-19(14)2/h4-9,12H,3,10H2,1-2H3,(H,18,20)/t12-/m1/s1. The molecule has 1 N–H and O–H groups in total. The number of rotatable bonds is 6. The molecule has 1 amide bonds. The number of hydrogen-bond acceptors (Lipinski definition) is 3. The van der Waals surface area contributed by atoms with Crippen LogP contribution in [0.15, 0.2) is 36.7 Å². The first-order valence-electron chi connectivity index (χ1n) is 6.78. The van der Waals surface area contributed by atoms with E-state index in [-0.39, 0.29) is 17.8 Å². The minimum absolute atomic E-state index is 0.226. The van der Waals surface area contributed by atoms with Crippen molar-refractivity contribution >= 4 is 5.91 Å². The molecule has 6 heteroatoms. The van der Waals surface area contributed by atoms with Crippen LogP contribution in [0.5, 0.6) is 5.75 Å². The molecule has 21 heavy (non-hydrogen) atoms. The fraction of sp³-hybridized carbons (Fsp3) is 0.333. The Bertz CT molecular complexity index is 612. The Hall–Kier alpha value is -2.37. The van der Waals surface area contributed by atoms with Crippen LogP contribution in [0.25, 0.3) is 0 Å². The molecule has 112 valence electrons. The van der Waals surface area contributed by atoms with E-state index in [1.54, 1.807) is 36.1 Å². The molecule has 2 aromatic rings. The lowest BCUT2D eigenvalue weighted by Crippen LogP contribution is -2.36. The molecule has 0 fully saturated rings. The predicted molar refractivity (Wildman–Crippen MR) is 76.6 cm³/mol. The highest BCUT2D eigenvalue weighted by molar-refractivity contribution is 5.90. The van der Waals surface area contributed by atoms with Gasteiger partial charge in [0.05, 0.1) is 6.54 Å². The average Bonchev–Trinajstić information content (AvgIpc) is 2.89. The molecule has 1 aromatic carbocycles. The molecule has 0 aliphatic rings. The number of benzene rings is 1. The van der Waals surface area contributed by atoms with Gasteiger partial charge in [0.2, 0.25) is 0 Å². The summed E-state index contributed by atoms with van der Waals surface area (Å²) in [6.45, 7) is 2.27. The number of ether oxygens (including phenoxy) is 1. The Kier molecular flexibility index (Phi) is 4.92. The summed E-state index contributed by atoms with van der Waals surface area (Å²) >= 11 is 0. The van der Waals surface area contributed by atoms with E-state index in [2.05, 4.69) is 10.3 Å². The number of hydrogen-bond donors (Lipinski definition) is 1. The Balaban J connectivity index is 1.91. The first-order valence-corrected chi connectivity index (χ1v) is 6.78. The zero-order valence-electron chi connectivity index (χ0n) is 12.0. The van der Waals surface area contributed by atoms with Crippen molar-refractivity contribution in [2.45, 2.75) is 19.4 Å². The van der Waals surface area contributed by atoms with E-state index < -0.39 is 0 Å². The zero-order chi connectivity index (χ0) is 15.2. The maximum absolute atomic E-state index is 13.1. The molecule has 0 aliphatic carbocycles. The third-order valence-electron chi connectivity index (χ3n) is 3.07. The van der Waals surface area contributed by atoms with Gasteiger partial charge < -0.3 is 14.6 Å². The molecule has 0 radical (unpaired) electrons. The monoisotopic (exact) mass is 291 g/mol. The maximum Gasteiger partial charge on any atom is 0.287 e. The van der Waals surface area contributed by atoms with Gasteiger partial charge in [0, 0.05) is 25.5 Å². The van der Waals surface area contributed by atoms with Gasteiger partial charge in [-0.2, -0.15) is 0 Å². The van der Waals surface area contributed by atoms with E-state index in [4.69, 9.17) is 4.74 Å². The summed E-state index contributed by atoms with van der Waals surface area (Å²) in [5, 5.41) is 2.77. The molecule has 0 unspecified atom stereocenters. The van der Waals surface area contributed by atoms with Crippen LogP contribution < -0.4 is 10.1 Å². The van der Waals surface area contributed by atoms with Crippen molar-refractivity contribution in [2.24, 2.45) is 7.05 Å². The second-order valence-electron chi connectivity index (χ2n) is 4.68. The third kappa shape index (κ3) is 4.05. The van der Waals surface area contributed by atoms with E-state index in [1.807, 2.05) is 6.92 Å². The number of halogens is 1. The van der Waals surface area contributed by atoms with Crippen LogP contribution in [-0.2, 0) is 7.05 Å². The highest BCUT2D eigenvalue weighted by Gasteiger charge is 2.14. The summed E-state index contributed by atoms with van der Waals surface area (Å²) in [4.78, 5) is 15.9. The lowest BCUT2D eigenvalue weighted by molar-refractivity contribution is 0.0912. The number of nitrogens with one attached hydrogen (secondary N) is 1. The summed E-state index contributed by atoms with van der Waals surface area (Å²) in [6, 6.07) is 5.95. The van der Waals surface area contributed by atoms with E-state index in [0.717, 1.165) is 0 Å². The number of carbonyl (C=O) groups is 1. The van der Waals surface area contributed by atoms with E-state index in [1.165, 1.54) is 12.1 Å². The predicted octanol–water partition coefficient (Wildman–Crippen LogP) is 2.15. The molecule has 0 saturated heterocycles. The Morgan fingerprint density at radius 1 is 1.52 bits per heavy atom. The van der Waals surface area contributed by atoms with Gasteiger partial charge in [-0.05, 0) is 18.6 Å². The number of nitrogens with zero attached hydrogens (tertiary/aromatic N) is 2. The topological polar surface area (TPSA) is 56.2 Å². The normalized spacial score (nSPS) is 12.0. The summed E-state index contributed by atoms with van der Waals surface area (Å²) in [7, 11) is 1.75. The van der Waals surface area contributed by atoms with Gasteiger partial charge in [0.15, 0.2) is 5.82 Å².